The number of hydrogen-bond acceptors (Lipinski definition) is 3. The van der Waals surface area contributed by atoms with Gasteiger partial charge in [-0.1, -0.05) is 0 Å². The Labute approximate surface area is 95.1 Å². The standard InChI is InChI=1S/C12H18O2S/c13-10-4-1-5-11(6-3-9-15-11)12(10)7-2-8-14-12/h1-9H2/t11-,12-/m1/s1. The van der Waals surface area contributed by atoms with Gasteiger partial charge in [-0.15, -0.1) is 0 Å². The number of hydrogen-bond donors (Lipinski definition) is 0. The van der Waals surface area contributed by atoms with Crippen LogP contribution >= 0.6 is 11.8 Å². The molecule has 2 atom stereocenters. The first kappa shape index (κ1) is 10.2. The molecule has 0 aromatic carbocycles. The van der Waals surface area contributed by atoms with Crippen LogP contribution in [0.5, 0.6) is 0 Å². The van der Waals surface area contributed by atoms with Gasteiger partial charge in [-0.2, -0.15) is 11.8 Å². The van der Waals surface area contributed by atoms with Crippen molar-refractivity contribution in [1.82, 2.24) is 0 Å². The smallest absolute Gasteiger partial charge is 0.166 e. The third-order valence-electron chi connectivity index (χ3n) is 4.30. The summed E-state index contributed by atoms with van der Waals surface area (Å²) in [6, 6.07) is 0. The van der Waals surface area contributed by atoms with E-state index in [1.54, 1.807) is 0 Å². The lowest BCUT2D eigenvalue weighted by molar-refractivity contribution is -0.147. The molecule has 0 radical (unpaired) electrons. The molecule has 0 aromatic heterocycles. The second-order valence-electron chi connectivity index (χ2n) is 5.00. The summed E-state index contributed by atoms with van der Waals surface area (Å²) in [7, 11) is 0. The van der Waals surface area contributed by atoms with Crippen molar-refractivity contribution in [2.75, 3.05) is 12.4 Å². The summed E-state index contributed by atoms with van der Waals surface area (Å²) in [5, 5.41) is 0. The van der Waals surface area contributed by atoms with Gasteiger partial charge in [0.1, 0.15) is 5.60 Å². The van der Waals surface area contributed by atoms with Crippen molar-refractivity contribution < 1.29 is 9.53 Å². The van der Waals surface area contributed by atoms with Gasteiger partial charge in [0.25, 0.3) is 0 Å². The van der Waals surface area contributed by atoms with Gasteiger partial charge in [0.2, 0.25) is 0 Å². The molecule has 0 amide bonds. The Balaban J connectivity index is 2.00. The fourth-order valence-corrected chi connectivity index (χ4v) is 5.39. The molecule has 2 saturated heterocycles. The van der Waals surface area contributed by atoms with Crippen LogP contribution in [0.3, 0.4) is 0 Å². The number of ketones is 1. The molecule has 3 heteroatoms. The minimum Gasteiger partial charge on any atom is -0.366 e. The van der Waals surface area contributed by atoms with E-state index in [0.717, 1.165) is 32.3 Å². The van der Waals surface area contributed by atoms with Crippen molar-refractivity contribution in [3.63, 3.8) is 0 Å². The van der Waals surface area contributed by atoms with Gasteiger partial charge in [-0.25, -0.2) is 0 Å². The summed E-state index contributed by atoms with van der Waals surface area (Å²) in [5.74, 6) is 1.62. The van der Waals surface area contributed by atoms with Crippen LogP contribution in [0, 0.1) is 0 Å². The molecular weight excluding hydrogens is 208 g/mol. The minimum absolute atomic E-state index is 0.166. The normalized spacial score (nSPS) is 45.7. The number of carbonyl (C=O) groups excluding carboxylic acids is 1. The van der Waals surface area contributed by atoms with Crippen molar-refractivity contribution in [2.24, 2.45) is 0 Å². The monoisotopic (exact) mass is 226 g/mol. The van der Waals surface area contributed by atoms with Gasteiger partial charge in [-0.05, 0) is 44.3 Å². The second kappa shape index (κ2) is 3.49. The second-order valence-corrected chi connectivity index (χ2v) is 6.48. The highest BCUT2D eigenvalue weighted by molar-refractivity contribution is 8.01. The van der Waals surface area contributed by atoms with Crippen LogP contribution in [0.1, 0.15) is 44.9 Å². The molecule has 2 nitrogen and oxygen atoms in total. The number of thioether (sulfide) groups is 1. The molecule has 0 aromatic rings. The van der Waals surface area contributed by atoms with E-state index in [2.05, 4.69) is 0 Å². The quantitative estimate of drug-likeness (QED) is 0.635. The van der Waals surface area contributed by atoms with Crippen molar-refractivity contribution >= 4 is 17.5 Å². The fourth-order valence-electron chi connectivity index (χ4n) is 3.62. The number of rotatable bonds is 0. The zero-order valence-corrected chi connectivity index (χ0v) is 9.91. The summed E-state index contributed by atoms with van der Waals surface area (Å²) >= 11 is 2.02. The predicted octanol–water partition coefficient (Wildman–Crippen LogP) is 2.55. The number of ether oxygens (including phenoxy) is 1. The highest BCUT2D eigenvalue weighted by Crippen LogP contribution is 2.57. The van der Waals surface area contributed by atoms with Crippen molar-refractivity contribution in [3.8, 4) is 0 Å². The average molecular weight is 226 g/mol. The molecule has 0 N–H and O–H groups in total. The molecule has 2 heterocycles. The van der Waals surface area contributed by atoms with E-state index < -0.39 is 0 Å². The van der Waals surface area contributed by atoms with Crippen LogP contribution < -0.4 is 0 Å². The molecule has 84 valence electrons. The molecular formula is C12H18O2S. The molecule has 3 rings (SSSR count). The lowest BCUT2D eigenvalue weighted by atomic mass is 9.70. The van der Waals surface area contributed by atoms with E-state index in [9.17, 15) is 4.79 Å². The molecule has 3 fully saturated rings. The van der Waals surface area contributed by atoms with Gasteiger partial charge in [-0.3, -0.25) is 4.79 Å². The summed E-state index contributed by atoms with van der Waals surface area (Å²) in [6.45, 7) is 0.800. The Bertz CT molecular complexity index is 275. The van der Waals surface area contributed by atoms with Crippen LogP contribution in [-0.2, 0) is 9.53 Å². The van der Waals surface area contributed by atoms with Crippen LogP contribution in [0.15, 0.2) is 0 Å². The molecule has 1 aliphatic carbocycles. The lowest BCUT2D eigenvalue weighted by Crippen LogP contribution is -2.58. The topological polar surface area (TPSA) is 26.3 Å². The first-order chi connectivity index (χ1) is 7.29. The molecule has 0 bridgehead atoms. The molecule has 1 saturated carbocycles. The minimum atomic E-state index is -0.369. The number of Topliss-reactive ketones (excluding diaryl/α,β-unsaturated/α-hetero) is 1. The maximum Gasteiger partial charge on any atom is 0.166 e. The first-order valence-corrected chi connectivity index (χ1v) is 7.09. The Morgan fingerprint density at radius 1 is 1.13 bits per heavy atom. The van der Waals surface area contributed by atoms with Gasteiger partial charge < -0.3 is 4.74 Å². The van der Waals surface area contributed by atoms with Crippen LogP contribution in [0.4, 0.5) is 0 Å². The SMILES string of the molecule is O=C1CCC[C@@]2(CCCS2)[C@@]12CCCO2. The van der Waals surface area contributed by atoms with E-state index >= 15 is 0 Å². The zero-order valence-electron chi connectivity index (χ0n) is 9.09. The van der Waals surface area contributed by atoms with Crippen LogP contribution in [-0.4, -0.2) is 28.5 Å². The maximum atomic E-state index is 12.2. The highest BCUT2D eigenvalue weighted by Gasteiger charge is 2.61. The fraction of sp³-hybridized carbons (Fsp3) is 0.917. The largest absolute Gasteiger partial charge is 0.366 e. The zero-order chi connectivity index (χ0) is 10.4. The van der Waals surface area contributed by atoms with E-state index in [4.69, 9.17) is 4.74 Å². The molecule has 0 unspecified atom stereocenters. The summed E-state index contributed by atoms with van der Waals surface area (Å²) in [5.41, 5.74) is -0.369. The van der Waals surface area contributed by atoms with E-state index in [-0.39, 0.29) is 10.3 Å². The Hall–Kier alpha value is -0.0200. The van der Waals surface area contributed by atoms with E-state index in [1.165, 1.54) is 25.0 Å². The average Bonchev–Trinajstić information content (AvgIpc) is 2.84. The Kier molecular flexibility index (Phi) is 2.36. The molecule has 2 aliphatic heterocycles. The van der Waals surface area contributed by atoms with E-state index in [1.807, 2.05) is 11.8 Å². The molecule has 15 heavy (non-hydrogen) atoms. The van der Waals surface area contributed by atoms with Crippen molar-refractivity contribution in [1.29, 1.82) is 0 Å². The van der Waals surface area contributed by atoms with Gasteiger partial charge >= 0.3 is 0 Å². The third kappa shape index (κ3) is 1.26. The maximum absolute atomic E-state index is 12.2. The van der Waals surface area contributed by atoms with E-state index in [0.29, 0.717) is 5.78 Å². The van der Waals surface area contributed by atoms with Gasteiger partial charge in [0, 0.05) is 13.0 Å². The van der Waals surface area contributed by atoms with Gasteiger partial charge in [0.05, 0.1) is 4.75 Å². The third-order valence-corrected chi connectivity index (χ3v) is 6.08. The summed E-state index contributed by atoms with van der Waals surface area (Å²) < 4.78 is 6.13. The molecule has 3 aliphatic rings. The summed E-state index contributed by atoms with van der Waals surface area (Å²) in [6.07, 6.45) is 7.56. The number of fused-ring (bicyclic) bond motifs is 1. The van der Waals surface area contributed by atoms with Gasteiger partial charge in [0.15, 0.2) is 5.78 Å². The summed E-state index contributed by atoms with van der Waals surface area (Å²) in [4.78, 5) is 12.2. The number of carbonyl (C=O) groups is 1. The van der Waals surface area contributed by atoms with Crippen LogP contribution in [0.25, 0.3) is 0 Å². The van der Waals surface area contributed by atoms with Crippen molar-refractivity contribution in [2.45, 2.75) is 55.3 Å². The Morgan fingerprint density at radius 2 is 2.00 bits per heavy atom. The Morgan fingerprint density at radius 3 is 2.67 bits per heavy atom. The lowest BCUT2D eigenvalue weighted by Gasteiger charge is -2.47. The van der Waals surface area contributed by atoms with Crippen LogP contribution in [0.2, 0.25) is 0 Å². The molecule has 2 spiro atoms. The highest BCUT2D eigenvalue weighted by atomic mass is 32.2. The first-order valence-electron chi connectivity index (χ1n) is 6.10. The van der Waals surface area contributed by atoms with Crippen molar-refractivity contribution in [3.05, 3.63) is 0 Å². The predicted molar refractivity (Wildman–Crippen MR) is 61.2 cm³/mol.